The Bertz CT molecular complexity index is 343. The largest absolute Gasteiger partial charge is 0.434 e. The third kappa shape index (κ3) is 2.22. The van der Waals surface area contributed by atoms with Crippen LogP contribution < -0.4 is 4.74 Å². The summed E-state index contributed by atoms with van der Waals surface area (Å²) < 4.78 is 9.65. The van der Waals surface area contributed by atoms with Gasteiger partial charge in [0.25, 0.3) is 5.95 Å². The molecule has 0 fully saturated rings. The minimum absolute atomic E-state index is 0.0922. The highest BCUT2D eigenvalue weighted by molar-refractivity contribution is 6.21. The Morgan fingerprint density at radius 2 is 2.14 bits per heavy atom. The van der Waals surface area contributed by atoms with Crippen molar-refractivity contribution in [3.63, 3.8) is 0 Å². The number of carbonyl (C=O) groups is 2. The SMILES string of the molecule is CC(C)(C)c1ccoc1OC(=O)C=O. The maximum absolute atomic E-state index is 10.7. The van der Waals surface area contributed by atoms with E-state index in [2.05, 4.69) is 4.74 Å². The molecular weight excluding hydrogens is 184 g/mol. The molecule has 1 aromatic heterocycles. The van der Waals surface area contributed by atoms with Gasteiger partial charge in [0, 0.05) is 5.56 Å². The van der Waals surface area contributed by atoms with Crippen LogP contribution in [0.1, 0.15) is 26.3 Å². The highest BCUT2D eigenvalue weighted by Gasteiger charge is 2.23. The van der Waals surface area contributed by atoms with E-state index in [4.69, 9.17) is 4.42 Å². The second-order valence-electron chi connectivity index (χ2n) is 3.91. The summed E-state index contributed by atoms with van der Waals surface area (Å²) >= 11 is 0. The van der Waals surface area contributed by atoms with Crippen LogP contribution in [0.3, 0.4) is 0 Å². The summed E-state index contributed by atoms with van der Waals surface area (Å²) in [6.07, 6.45) is 1.53. The van der Waals surface area contributed by atoms with Gasteiger partial charge in [-0.2, -0.15) is 0 Å². The number of furan rings is 1. The van der Waals surface area contributed by atoms with E-state index in [1.165, 1.54) is 6.26 Å². The highest BCUT2D eigenvalue weighted by atomic mass is 16.6. The molecule has 1 rings (SSSR count). The molecular formula is C10H12O4. The molecule has 4 heteroatoms. The number of rotatable bonds is 2. The van der Waals surface area contributed by atoms with E-state index in [9.17, 15) is 9.59 Å². The summed E-state index contributed by atoms with van der Waals surface area (Å²) in [5, 5.41) is 0. The predicted molar refractivity (Wildman–Crippen MR) is 49.1 cm³/mol. The number of esters is 1. The minimum atomic E-state index is -0.953. The first-order valence-corrected chi connectivity index (χ1v) is 4.20. The van der Waals surface area contributed by atoms with E-state index < -0.39 is 5.97 Å². The molecule has 0 aliphatic heterocycles. The van der Waals surface area contributed by atoms with Crippen LogP contribution in [0, 0.1) is 0 Å². The van der Waals surface area contributed by atoms with Gasteiger partial charge in [0.2, 0.25) is 6.29 Å². The molecule has 0 saturated heterocycles. The number of hydrogen-bond acceptors (Lipinski definition) is 4. The third-order valence-electron chi connectivity index (χ3n) is 1.73. The van der Waals surface area contributed by atoms with Crippen molar-refractivity contribution in [1.29, 1.82) is 0 Å². The van der Waals surface area contributed by atoms with Gasteiger partial charge < -0.3 is 9.15 Å². The lowest BCUT2D eigenvalue weighted by molar-refractivity contribution is -0.142. The van der Waals surface area contributed by atoms with Crippen molar-refractivity contribution in [3.05, 3.63) is 17.9 Å². The summed E-state index contributed by atoms with van der Waals surface area (Å²) in [6.45, 7) is 5.86. The average molecular weight is 196 g/mol. The Hall–Kier alpha value is -1.58. The Labute approximate surface area is 81.9 Å². The summed E-state index contributed by atoms with van der Waals surface area (Å²) in [4.78, 5) is 20.8. The molecule has 0 aliphatic carbocycles. The molecule has 0 aliphatic rings. The molecule has 0 aromatic carbocycles. The zero-order valence-corrected chi connectivity index (χ0v) is 8.37. The molecule has 14 heavy (non-hydrogen) atoms. The highest BCUT2D eigenvalue weighted by Crippen LogP contribution is 2.32. The fourth-order valence-corrected chi connectivity index (χ4v) is 1.05. The smallest absolute Gasteiger partial charge is 0.379 e. The second-order valence-corrected chi connectivity index (χ2v) is 3.91. The van der Waals surface area contributed by atoms with Gasteiger partial charge in [-0.05, 0) is 11.5 Å². The standard InChI is InChI=1S/C10H12O4/c1-10(2,3)7-4-5-13-9(7)14-8(12)6-11/h4-6H,1-3H3. The van der Waals surface area contributed by atoms with Gasteiger partial charge in [0.15, 0.2) is 0 Å². The molecule has 0 spiro atoms. The Morgan fingerprint density at radius 1 is 1.50 bits per heavy atom. The van der Waals surface area contributed by atoms with Crippen molar-refractivity contribution < 1.29 is 18.7 Å². The first-order chi connectivity index (χ1) is 6.45. The van der Waals surface area contributed by atoms with Crippen LogP contribution in [0.15, 0.2) is 16.7 Å². The van der Waals surface area contributed by atoms with E-state index in [1.54, 1.807) is 6.07 Å². The molecule has 0 saturated carbocycles. The van der Waals surface area contributed by atoms with Crippen LogP contribution >= 0.6 is 0 Å². The van der Waals surface area contributed by atoms with Crippen LogP contribution in [0.25, 0.3) is 0 Å². The van der Waals surface area contributed by atoms with Gasteiger partial charge in [-0.1, -0.05) is 20.8 Å². The van der Waals surface area contributed by atoms with Gasteiger partial charge in [0.05, 0.1) is 6.26 Å². The Morgan fingerprint density at radius 3 is 2.64 bits per heavy atom. The van der Waals surface area contributed by atoms with Crippen molar-refractivity contribution in [1.82, 2.24) is 0 Å². The fourth-order valence-electron chi connectivity index (χ4n) is 1.05. The lowest BCUT2D eigenvalue weighted by Gasteiger charge is -2.16. The lowest BCUT2D eigenvalue weighted by Crippen LogP contribution is -2.15. The second kappa shape index (κ2) is 3.65. The van der Waals surface area contributed by atoms with E-state index in [1.807, 2.05) is 20.8 Å². The average Bonchev–Trinajstić information content (AvgIpc) is 2.51. The van der Waals surface area contributed by atoms with Crippen molar-refractivity contribution in [2.75, 3.05) is 0 Å². The summed E-state index contributed by atoms with van der Waals surface area (Å²) in [5.74, 6) is -0.861. The third-order valence-corrected chi connectivity index (χ3v) is 1.73. The molecule has 76 valence electrons. The molecule has 0 atom stereocenters. The van der Waals surface area contributed by atoms with Crippen molar-refractivity contribution in [3.8, 4) is 5.95 Å². The van der Waals surface area contributed by atoms with E-state index in [0.717, 1.165) is 5.56 Å². The molecule has 0 amide bonds. The topological polar surface area (TPSA) is 56.5 Å². The fraction of sp³-hybridized carbons (Fsp3) is 0.400. The minimum Gasteiger partial charge on any atom is -0.434 e. The lowest BCUT2D eigenvalue weighted by atomic mass is 9.89. The Balaban J connectivity index is 2.94. The van der Waals surface area contributed by atoms with Gasteiger partial charge >= 0.3 is 5.97 Å². The number of ether oxygens (including phenoxy) is 1. The number of carbonyl (C=O) groups excluding carboxylic acids is 2. The zero-order chi connectivity index (χ0) is 10.8. The van der Waals surface area contributed by atoms with Crippen LogP contribution in [0.4, 0.5) is 0 Å². The van der Waals surface area contributed by atoms with E-state index >= 15 is 0 Å². The molecule has 4 nitrogen and oxygen atoms in total. The summed E-state index contributed by atoms with van der Waals surface area (Å²) in [7, 11) is 0. The van der Waals surface area contributed by atoms with Gasteiger partial charge in [-0.25, -0.2) is 4.79 Å². The van der Waals surface area contributed by atoms with Gasteiger partial charge in [-0.15, -0.1) is 0 Å². The van der Waals surface area contributed by atoms with E-state index in [-0.39, 0.29) is 17.6 Å². The van der Waals surface area contributed by atoms with Crippen LogP contribution in [-0.2, 0) is 15.0 Å². The molecule has 0 unspecified atom stereocenters. The summed E-state index contributed by atoms with van der Waals surface area (Å²) in [6, 6.07) is 1.72. The number of hydrogen-bond donors (Lipinski definition) is 0. The van der Waals surface area contributed by atoms with Crippen molar-refractivity contribution in [2.45, 2.75) is 26.2 Å². The van der Waals surface area contributed by atoms with Gasteiger partial charge in [-0.3, -0.25) is 4.79 Å². The van der Waals surface area contributed by atoms with Crippen LogP contribution in [-0.4, -0.2) is 12.3 Å². The van der Waals surface area contributed by atoms with Crippen LogP contribution in [0.2, 0.25) is 0 Å². The molecule has 1 aromatic rings. The molecule has 0 radical (unpaired) electrons. The first-order valence-electron chi connectivity index (χ1n) is 4.20. The monoisotopic (exact) mass is 196 g/mol. The van der Waals surface area contributed by atoms with Crippen molar-refractivity contribution >= 4 is 12.3 Å². The Kier molecular flexibility index (Phi) is 2.74. The maximum atomic E-state index is 10.7. The molecule has 0 bridgehead atoms. The number of aldehydes is 1. The first kappa shape index (κ1) is 10.5. The quantitative estimate of drug-likeness (QED) is 0.410. The normalized spacial score (nSPS) is 11.1. The molecule has 0 N–H and O–H groups in total. The van der Waals surface area contributed by atoms with Crippen molar-refractivity contribution in [2.24, 2.45) is 0 Å². The predicted octanol–water partition coefficient (Wildman–Crippen LogP) is 1.68. The van der Waals surface area contributed by atoms with Gasteiger partial charge in [0.1, 0.15) is 0 Å². The van der Waals surface area contributed by atoms with E-state index in [0.29, 0.717) is 0 Å². The molecule has 1 heterocycles. The maximum Gasteiger partial charge on any atom is 0.379 e. The van der Waals surface area contributed by atoms with Crippen LogP contribution in [0.5, 0.6) is 5.95 Å². The summed E-state index contributed by atoms with van der Waals surface area (Å²) in [5.41, 5.74) is 0.568. The zero-order valence-electron chi connectivity index (χ0n) is 8.37.